The lowest BCUT2D eigenvalue weighted by atomic mass is 9.93. The van der Waals surface area contributed by atoms with Crippen LogP contribution in [0.15, 0.2) is 0 Å². The van der Waals surface area contributed by atoms with E-state index in [2.05, 4.69) is 5.32 Å². The molecule has 5 N–H and O–H groups in total. The second-order valence-corrected chi connectivity index (χ2v) is 6.79. The molecule has 9 heteroatoms. The smallest absolute Gasteiger partial charge is 0.407 e. The summed E-state index contributed by atoms with van der Waals surface area (Å²) >= 11 is 0. The van der Waals surface area contributed by atoms with E-state index in [-0.39, 0.29) is 12.5 Å². The first-order valence-electron chi connectivity index (χ1n) is 9.07. The fourth-order valence-electron chi connectivity index (χ4n) is 2.76. The molecular formula is C17H31NO8. The molecule has 1 heterocycles. The predicted octanol–water partition coefficient (Wildman–Crippen LogP) is 0.254. The Morgan fingerprint density at radius 1 is 1.12 bits per heavy atom. The molecule has 26 heavy (non-hydrogen) atoms. The SMILES string of the molecule is CC(CCCCNC(=O)OCCC[C@@H]1OC(C)C(O)C(O)C1O)C(=O)O. The van der Waals surface area contributed by atoms with Gasteiger partial charge in [0.2, 0.25) is 0 Å². The van der Waals surface area contributed by atoms with Crippen molar-refractivity contribution in [1.29, 1.82) is 0 Å². The number of carboxylic acids is 1. The van der Waals surface area contributed by atoms with Gasteiger partial charge in [-0.15, -0.1) is 0 Å². The number of alkyl carbamates (subject to hydrolysis) is 1. The average Bonchev–Trinajstić information content (AvgIpc) is 2.60. The molecule has 1 fully saturated rings. The highest BCUT2D eigenvalue weighted by molar-refractivity contribution is 5.69. The Kier molecular flexibility index (Phi) is 9.85. The first-order chi connectivity index (χ1) is 12.2. The third-order valence-electron chi connectivity index (χ3n) is 4.57. The summed E-state index contributed by atoms with van der Waals surface area (Å²) in [5, 5.41) is 40.6. The minimum absolute atomic E-state index is 0.140. The molecule has 9 nitrogen and oxygen atoms in total. The van der Waals surface area contributed by atoms with Gasteiger partial charge in [0, 0.05) is 6.54 Å². The van der Waals surface area contributed by atoms with Gasteiger partial charge in [0.1, 0.15) is 18.3 Å². The number of amides is 1. The van der Waals surface area contributed by atoms with Crippen LogP contribution in [0.2, 0.25) is 0 Å². The van der Waals surface area contributed by atoms with Crippen molar-refractivity contribution in [1.82, 2.24) is 5.32 Å². The monoisotopic (exact) mass is 377 g/mol. The highest BCUT2D eigenvalue weighted by Crippen LogP contribution is 2.23. The van der Waals surface area contributed by atoms with Crippen molar-refractivity contribution >= 4 is 12.1 Å². The van der Waals surface area contributed by atoms with E-state index >= 15 is 0 Å². The molecule has 1 amide bonds. The Labute approximate surface area is 153 Å². The van der Waals surface area contributed by atoms with Crippen LogP contribution in [0.4, 0.5) is 4.79 Å². The van der Waals surface area contributed by atoms with Gasteiger partial charge in [-0.2, -0.15) is 0 Å². The molecule has 0 bridgehead atoms. The summed E-state index contributed by atoms with van der Waals surface area (Å²) in [6.45, 7) is 3.82. The average molecular weight is 377 g/mol. The number of aliphatic hydroxyl groups excluding tert-OH is 3. The normalized spacial score (nSPS) is 29.8. The zero-order chi connectivity index (χ0) is 19.7. The number of nitrogens with one attached hydrogen (secondary N) is 1. The number of aliphatic hydroxyl groups is 3. The van der Waals surface area contributed by atoms with Crippen LogP contribution in [0, 0.1) is 5.92 Å². The molecular weight excluding hydrogens is 346 g/mol. The van der Waals surface area contributed by atoms with Gasteiger partial charge in [0.05, 0.1) is 24.7 Å². The molecule has 0 spiro atoms. The van der Waals surface area contributed by atoms with Gasteiger partial charge >= 0.3 is 12.1 Å². The van der Waals surface area contributed by atoms with Crippen molar-refractivity contribution in [3.8, 4) is 0 Å². The van der Waals surface area contributed by atoms with E-state index in [0.29, 0.717) is 38.6 Å². The third kappa shape index (κ3) is 7.45. The molecule has 152 valence electrons. The highest BCUT2D eigenvalue weighted by atomic mass is 16.6. The molecule has 0 radical (unpaired) electrons. The number of ether oxygens (including phenoxy) is 2. The molecule has 5 unspecified atom stereocenters. The van der Waals surface area contributed by atoms with Crippen molar-refractivity contribution in [2.24, 2.45) is 5.92 Å². The molecule has 0 aromatic carbocycles. The van der Waals surface area contributed by atoms with Crippen LogP contribution in [0.25, 0.3) is 0 Å². The first-order valence-corrected chi connectivity index (χ1v) is 9.07. The van der Waals surface area contributed by atoms with E-state index in [1.54, 1.807) is 13.8 Å². The number of carbonyl (C=O) groups excluding carboxylic acids is 1. The molecule has 0 aromatic rings. The fraction of sp³-hybridized carbons (Fsp3) is 0.882. The minimum Gasteiger partial charge on any atom is -0.481 e. The fourth-order valence-corrected chi connectivity index (χ4v) is 2.76. The number of aliphatic carboxylic acids is 1. The standard InChI is InChI=1S/C17H31NO8/c1-10(16(22)23)6-3-4-8-18-17(24)25-9-5-7-12-14(20)15(21)13(19)11(2)26-12/h10-15,19-21H,3-9H2,1-2H3,(H,18,24)(H,22,23)/t10?,11?,12-,13?,14?,15?/m0/s1. The number of rotatable bonds is 10. The molecule has 0 aromatic heterocycles. The van der Waals surface area contributed by atoms with Crippen LogP contribution in [0.1, 0.15) is 46.0 Å². The van der Waals surface area contributed by atoms with Crippen molar-refractivity contribution in [3.05, 3.63) is 0 Å². The van der Waals surface area contributed by atoms with Gasteiger partial charge in [-0.3, -0.25) is 4.79 Å². The number of hydrogen-bond acceptors (Lipinski definition) is 7. The Hall–Kier alpha value is -1.42. The van der Waals surface area contributed by atoms with E-state index in [4.69, 9.17) is 14.6 Å². The zero-order valence-electron chi connectivity index (χ0n) is 15.3. The van der Waals surface area contributed by atoms with Gasteiger partial charge in [0.15, 0.2) is 0 Å². The lowest BCUT2D eigenvalue weighted by molar-refractivity contribution is -0.218. The van der Waals surface area contributed by atoms with Crippen molar-refractivity contribution in [3.63, 3.8) is 0 Å². The highest BCUT2D eigenvalue weighted by Gasteiger charge is 2.41. The van der Waals surface area contributed by atoms with Crippen molar-refractivity contribution < 1.29 is 39.5 Å². The quantitative estimate of drug-likeness (QED) is 0.341. The van der Waals surface area contributed by atoms with Gasteiger partial charge in [0.25, 0.3) is 0 Å². The Balaban J connectivity index is 2.08. The van der Waals surface area contributed by atoms with Gasteiger partial charge in [-0.05, 0) is 32.6 Å². The number of carbonyl (C=O) groups is 2. The number of unbranched alkanes of at least 4 members (excludes halogenated alkanes) is 1. The summed E-state index contributed by atoms with van der Waals surface area (Å²) in [5.74, 6) is -1.21. The maximum atomic E-state index is 11.5. The lowest BCUT2D eigenvalue weighted by Crippen LogP contribution is -2.56. The Morgan fingerprint density at radius 2 is 1.81 bits per heavy atom. The van der Waals surface area contributed by atoms with Gasteiger partial charge in [-0.25, -0.2) is 4.79 Å². The van der Waals surface area contributed by atoms with E-state index in [1.165, 1.54) is 0 Å². The molecule has 1 aliphatic heterocycles. The maximum absolute atomic E-state index is 11.5. The second kappa shape index (κ2) is 11.3. The maximum Gasteiger partial charge on any atom is 0.407 e. The van der Waals surface area contributed by atoms with Gasteiger partial charge < -0.3 is 35.2 Å². The molecule has 1 aliphatic rings. The third-order valence-corrected chi connectivity index (χ3v) is 4.57. The Bertz CT molecular complexity index is 446. The molecule has 6 atom stereocenters. The van der Waals surface area contributed by atoms with Crippen molar-refractivity contribution in [2.75, 3.05) is 13.2 Å². The molecule has 1 rings (SSSR count). The summed E-state index contributed by atoms with van der Waals surface area (Å²) in [6.07, 6.45) is -2.53. The van der Waals surface area contributed by atoms with Crippen molar-refractivity contribution in [2.45, 2.75) is 76.5 Å². The van der Waals surface area contributed by atoms with E-state index in [9.17, 15) is 24.9 Å². The predicted molar refractivity (Wildman–Crippen MR) is 91.6 cm³/mol. The molecule has 0 saturated carbocycles. The van der Waals surface area contributed by atoms with Crippen LogP contribution in [0.5, 0.6) is 0 Å². The number of hydrogen-bond donors (Lipinski definition) is 5. The summed E-state index contributed by atoms with van der Waals surface area (Å²) in [6, 6.07) is 0. The second-order valence-electron chi connectivity index (χ2n) is 6.79. The van der Waals surface area contributed by atoms with Crippen LogP contribution < -0.4 is 5.32 Å². The Morgan fingerprint density at radius 3 is 2.46 bits per heavy atom. The van der Waals surface area contributed by atoms with E-state index in [1.807, 2.05) is 0 Å². The summed E-state index contributed by atoms with van der Waals surface area (Å²) in [4.78, 5) is 22.2. The summed E-state index contributed by atoms with van der Waals surface area (Å²) in [7, 11) is 0. The van der Waals surface area contributed by atoms with E-state index < -0.39 is 42.6 Å². The molecule has 1 saturated heterocycles. The van der Waals surface area contributed by atoms with Crippen LogP contribution in [-0.4, -0.2) is 76.2 Å². The minimum atomic E-state index is -1.25. The van der Waals surface area contributed by atoms with Gasteiger partial charge in [-0.1, -0.05) is 13.3 Å². The molecule has 0 aliphatic carbocycles. The summed E-state index contributed by atoms with van der Waals surface area (Å²) < 4.78 is 10.5. The van der Waals surface area contributed by atoms with E-state index in [0.717, 1.165) is 0 Å². The van der Waals surface area contributed by atoms with Crippen LogP contribution in [-0.2, 0) is 14.3 Å². The topological polar surface area (TPSA) is 146 Å². The zero-order valence-corrected chi connectivity index (χ0v) is 15.3. The summed E-state index contributed by atoms with van der Waals surface area (Å²) in [5.41, 5.74) is 0. The first kappa shape index (κ1) is 22.6. The lowest BCUT2D eigenvalue weighted by Gasteiger charge is -2.39. The van der Waals surface area contributed by atoms with Crippen LogP contribution >= 0.6 is 0 Å². The van der Waals surface area contributed by atoms with Crippen LogP contribution in [0.3, 0.4) is 0 Å². The number of carboxylic acid groups (broad SMARTS) is 1. The largest absolute Gasteiger partial charge is 0.481 e.